The van der Waals surface area contributed by atoms with E-state index in [4.69, 9.17) is 23.7 Å². The van der Waals surface area contributed by atoms with Gasteiger partial charge in [0, 0.05) is 109 Å². The van der Waals surface area contributed by atoms with Gasteiger partial charge in [-0.15, -0.1) is 0 Å². The maximum absolute atomic E-state index is 15.8. The molecule has 12 aromatic rings. The Hall–Kier alpha value is -10.8. The molecule has 14 rings (SSSR count). The van der Waals surface area contributed by atoms with Crippen molar-refractivity contribution in [1.82, 2.24) is 28.5 Å². The van der Waals surface area contributed by atoms with E-state index in [1.807, 2.05) is 68.4 Å². The van der Waals surface area contributed by atoms with Crippen molar-refractivity contribution in [1.29, 1.82) is 0 Å². The van der Waals surface area contributed by atoms with E-state index < -0.39 is 64.7 Å². The molecule has 0 bridgehead atoms. The van der Waals surface area contributed by atoms with E-state index in [0.717, 1.165) is 86.9 Å². The Labute approximate surface area is 625 Å². The number of halogens is 5. The van der Waals surface area contributed by atoms with E-state index in [9.17, 15) is 35.1 Å². The van der Waals surface area contributed by atoms with Crippen LogP contribution in [0.5, 0.6) is 40.2 Å². The first-order chi connectivity index (χ1) is 51.6. The molecule has 0 aliphatic carbocycles. The van der Waals surface area contributed by atoms with Crippen LogP contribution in [0.3, 0.4) is 0 Å². The van der Waals surface area contributed by atoms with Crippen LogP contribution in [0, 0.1) is 42.9 Å². The van der Waals surface area contributed by atoms with Gasteiger partial charge in [-0.3, -0.25) is 9.80 Å². The lowest BCUT2D eigenvalue weighted by Crippen LogP contribution is -2.47. The van der Waals surface area contributed by atoms with Crippen LogP contribution in [0.2, 0.25) is 0 Å². The maximum Gasteiger partial charge on any atom is 0.269 e. The molecule has 0 unspecified atom stereocenters. The molecule has 2 aliphatic heterocycles. The maximum atomic E-state index is 15.8. The first-order valence-corrected chi connectivity index (χ1v) is 38.0. The number of nitrogens with zero attached hydrogens (tertiary/aromatic N) is 8. The minimum absolute atomic E-state index is 0.0382. The molecule has 18 nitrogen and oxygen atoms in total. The first-order valence-electron chi connectivity index (χ1n) is 33.5. The molecule has 2 fully saturated rings. The normalized spacial score (nSPS) is 13.3. The van der Waals surface area contributed by atoms with Gasteiger partial charge in [0.25, 0.3) is 20.0 Å². The number of hydrogen-bond acceptors (Lipinski definition) is 18. The summed E-state index contributed by atoms with van der Waals surface area (Å²) in [6.45, 7) is 6.93. The SMILES string of the molecule is COc1ccc(CN(c2ncns2)S(=O)(=O)c2cc(F)c(F)cc2F)c(OC)c1.COc1ccc(CN(c2ncns2)S(=O)(=O)c2cc(F)c(Oc3cc(C)cc(C4CN(C(c5ccccc5)c5ccccc5)C4)c3)cc2F)c(OC)c1.Cc1cc(O)cc(C2CN(C(c3ccccc3)c3ccccc3)C2)c1. The lowest BCUT2D eigenvalue weighted by Gasteiger charge is -2.45. The molecule has 2 aliphatic rings. The first kappa shape index (κ1) is 75.9. The van der Waals surface area contributed by atoms with Gasteiger partial charge in [0.2, 0.25) is 10.3 Å². The van der Waals surface area contributed by atoms with Crippen LogP contribution in [-0.4, -0.2) is 105 Å². The molecule has 10 aromatic carbocycles. The van der Waals surface area contributed by atoms with Crippen LogP contribution in [0.15, 0.2) is 241 Å². The average Bonchev–Trinajstić information content (AvgIpc) is 1.63. The molecule has 27 heteroatoms. The van der Waals surface area contributed by atoms with Crippen molar-refractivity contribution in [3.8, 4) is 40.2 Å². The minimum Gasteiger partial charge on any atom is -0.508 e. The second-order valence-electron chi connectivity index (χ2n) is 25.3. The number of phenolic OH excluding ortho intramolecular Hbond substituents is 1. The van der Waals surface area contributed by atoms with Crippen LogP contribution in [0.1, 0.15) is 79.6 Å². The standard InChI is InChI=1S/C40H36F2N4O5S2.C23H23NO.C17H14F3N3O4S2/c1-26-16-30(31-22-45(23-31)39(27-10-6-4-7-11-27)28-12-8-5-9-13-28)18-33(17-26)51-37-20-35(42)38(21-34(37)41)53(47,48)46(40-43-25-44-52-40)24-29-14-15-32(49-2)19-36(29)50-3;1-17-12-20(14-22(25)13-17)21-15-24(16-21)23(18-8-4-2-5-9-18)19-10-6-3-7-11-19;1-26-11-4-3-10(15(5-11)27-2)8-23(17-21-9-22-28-17)29(24,25)16-7-13(19)12(18)6-14(16)20/h4-21,25,31,39H,22-24H2,1-3H3;2-14,21,23,25H,15-16H2,1H3;3-7,9H,8H2,1-2H3. The Morgan fingerprint density at radius 2 is 0.832 bits per heavy atom. The van der Waals surface area contributed by atoms with Crippen molar-refractivity contribution in [3.05, 3.63) is 316 Å². The number of phenols is 1. The quantitative estimate of drug-likeness (QED) is 0.0442. The van der Waals surface area contributed by atoms with Crippen molar-refractivity contribution in [3.63, 3.8) is 0 Å². The van der Waals surface area contributed by atoms with E-state index in [-0.39, 0.29) is 47.4 Å². The second kappa shape index (κ2) is 33.7. The average molecular weight is 1530 g/mol. The molecule has 0 amide bonds. The van der Waals surface area contributed by atoms with Gasteiger partial charge in [-0.1, -0.05) is 133 Å². The Morgan fingerprint density at radius 3 is 1.22 bits per heavy atom. The molecule has 0 radical (unpaired) electrons. The Bertz CT molecular complexity index is 5160. The second-order valence-corrected chi connectivity index (χ2v) is 30.4. The number of benzene rings is 10. The van der Waals surface area contributed by atoms with Gasteiger partial charge in [-0.05, 0) is 107 Å². The fourth-order valence-electron chi connectivity index (χ4n) is 12.9. The highest BCUT2D eigenvalue weighted by atomic mass is 32.2. The number of likely N-dealkylation sites (tertiary alicyclic amines) is 2. The van der Waals surface area contributed by atoms with Gasteiger partial charge >= 0.3 is 0 Å². The van der Waals surface area contributed by atoms with Crippen LogP contribution in [0.25, 0.3) is 0 Å². The fourth-order valence-corrected chi connectivity index (χ4v) is 17.3. The molecular weight excluding hydrogens is 1460 g/mol. The molecular formula is C80H73F5N8O10S4. The Balaban J connectivity index is 0.000000166. The summed E-state index contributed by atoms with van der Waals surface area (Å²) in [6, 6.07) is 65.5. The molecule has 1 N–H and O–H groups in total. The molecule has 0 saturated carbocycles. The van der Waals surface area contributed by atoms with Crippen molar-refractivity contribution in [2.75, 3.05) is 63.2 Å². The Morgan fingerprint density at radius 1 is 0.439 bits per heavy atom. The van der Waals surface area contributed by atoms with Crippen LogP contribution < -0.4 is 32.3 Å². The number of hydrogen-bond donors (Lipinski definition) is 1. The highest BCUT2D eigenvalue weighted by Gasteiger charge is 2.39. The molecule has 552 valence electrons. The van der Waals surface area contributed by atoms with Crippen LogP contribution in [-0.2, 0) is 33.1 Å². The minimum atomic E-state index is -4.70. The predicted octanol–water partition coefficient (Wildman–Crippen LogP) is 16.8. The van der Waals surface area contributed by atoms with Crippen LogP contribution >= 0.6 is 23.1 Å². The zero-order valence-electron chi connectivity index (χ0n) is 58.7. The predicted molar refractivity (Wildman–Crippen MR) is 401 cm³/mol. The third-order valence-corrected chi connectivity index (χ3v) is 23.3. The summed E-state index contributed by atoms with van der Waals surface area (Å²) < 4.78 is 163. The number of aromatic nitrogens is 4. The number of aromatic hydroxyl groups is 1. The molecule has 2 aromatic heterocycles. The zero-order valence-corrected chi connectivity index (χ0v) is 62.0. The highest BCUT2D eigenvalue weighted by Crippen LogP contribution is 2.43. The summed E-state index contributed by atoms with van der Waals surface area (Å²) in [5.41, 5.74) is 10.2. The zero-order chi connectivity index (χ0) is 75.5. The summed E-state index contributed by atoms with van der Waals surface area (Å²) in [5, 5.41) is 9.75. The van der Waals surface area contributed by atoms with Crippen molar-refractivity contribution >= 4 is 53.4 Å². The van der Waals surface area contributed by atoms with Gasteiger partial charge in [0.15, 0.2) is 23.2 Å². The molecule has 107 heavy (non-hydrogen) atoms. The van der Waals surface area contributed by atoms with E-state index in [1.165, 1.54) is 62.6 Å². The van der Waals surface area contributed by atoms with E-state index in [2.05, 4.69) is 126 Å². The summed E-state index contributed by atoms with van der Waals surface area (Å²) in [6.07, 6.45) is 2.30. The summed E-state index contributed by atoms with van der Waals surface area (Å²) in [4.78, 5) is 10.9. The number of methoxy groups -OCH3 is 4. The number of aryl methyl sites for hydroxylation is 2. The van der Waals surface area contributed by atoms with E-state index in [0.29, 0.717) is 63.7 Å². The van der Waals surface area contributed by atoms with E-state index in [1.54, 1.807) is 42.5 Å². The van der Waals surface area contributed by atoms with E-state index >= 15 is 8.78 Å². The van der Waals surface area contributed by atoms with Crippen molar-refractivity contribution in [2.24, 2.45) is 0 Å². The summed E-state index contributed by atoms with van der Waals surface area (Å²) in [7, 11) is -3.59. The fraction of sp³-hybridized carbons (Fsp3) is 0.200. The van der Waals surface area contributed by atoms with Gasteiger partial charge in [0.05, 0.1) is 53.6 Å². The lowest BCUT2D eigenvalue weighted by atomic mass is 9.86. The monoisotopic (exact) mass is 1530 g/mol. The number of anilines is 2. The summed E-state index contributed by atoms with van der Waals surface area (Å²) >= 11 is 1.53. The van der Waals surface area contributed by atoms with Crippen LogP contribution in [0.4, 0.5) is 32.2 Å². The van der Waals surface area contributed by atoms with Gasteiger partial charge in [-0.2, -0.15) is 8.75 Å². The molecule has 0 spiro atoms. The lowest BCUT2D eigenvalue weighted by molar-refractivity contribution is 0.111. The third kappa shape index (κ3) is 17.5. The largest absolute Gasteiger partial charge is 0.508 e. The number of rotatable bonds is 24. The molecule has 0 atom stereocenters. The highest BCUT2D eigenvalue weighted by molar-refractivity contribution is 7.93. The smallest absolute Gasteiger partial charge is 0.269 e. The number of sulfonamides is 2. The van der Waals surface area contributed by atoms with Gasteiger partial charge in [-0.25, -0.2) is 57.4 Å². The van der Waals surface area contributed by atoms with Gasteiger partial charge in [0.1, 0.15) is 68.6 Å². The van der Waals surface area contributed by atoms with Crippen molar-refractivity contribution < 1.29 is 67.6 Å². The Kier molecular flexibility index (Phi) is 23.9. The molecule has 4 heterocycles. The van der Waals surface area contributed by atoms with Gasteiger partial charge < -0.3 is 28.8 Å². The number of ether oxygens (including phenoxy) is 5. The van der Waals surface area contributed by atoms with Crippen molar-refractivity contribution in [2.45, 2.75) is 60.6 Å². The summed E-state index contributed by atoms with van der Waals surface area (Å²) in [5.74, 6) is -4.12. The topological polar surface area (TPSA) is 199 Å². The molecule has 2 saturated heterocycles. The third-order valence-electron chi connectivity index (χ3n) is 18.2.